The van der Waals surface area contributed by atoms with Crippen LogP contribution in [0, 0.1) is 0 Å². The molecule has 0 radical (unpaired) electrons. The Morgan fingerprint density at radius 3 is 2.75 bits per heavy atom. The van der Waals surface area contributed by atoms with Crippen LogP contribution in [0.15, 0.2) is 35.7 Å². The van der Waals surface area contributed by atoms with Gasteiger partial charge in [-0.1, -0.05) is 12.1 Å². The molecule has 0 amide bonds. The summed E-state index contributed by atoms with van der Waals surface area (Å²) in [6.07, 6.45) is 0. The molecule has 4 heteroatoms. The average Bonchev–Trinajstić information content (AvgIpc) is 2.89. The summed E-state index contributed by atoms with van der Waals surface area (Å²) in [6.45, 7) is 0. The number of ketones is 1. The van der Waals surface area contributed by atoms with E-state index in [2.05, 4.69) is 0 Å². The number of benzene rings is 2. The van der Waals surface area contributed by atoms with E-state index in [1.165, 1.54) is 0 Å². The van der Waals surface area contributed by atoms with Crippen LogP contribution in [-0.2, 0) is 0 Å². The lowest BCUT2D eigenvalue weighted by atomic mass is 9.85. The smallest absolute Gasteiger partial charge is 0.201 e. The number of ether oxygens (including phenoxy) is 1. The third-order valence-corrected chi connectivity index (χ3v) is 4.66. The van der Waals surface area contributed by atoms with Crippen LogP contribution in [0.4, 0.5) is 0 Å². The van der Waals surface area contributed by atoms with Crippen LogP contribution in [0.25, 0.3) is 21.2 Å². The molecule has 0 unspecified atom stereocenters. The minimum atomic E-state index is -0.175. The minimum Gasteiger partial charge on any atom is -0.507 e. The minimum absolute atomic E-state index is 0.0266. The fraction of sp³-hybridized carbons (Fsp3) is 0.0625. The second-order valence-corrected chi connectivity index (χ2v) is 5.61. The normalized spacial score (nSPS) is 12.6. The van der Waals surface area contributed by atoms with Crippen molar-refractivity contribution in [1.29, 1.82) is 0 Å². The van der Waals surface area contributed by atoms with Gasteiger partial charge in [0.1, 0.15) is 11.5 Å². The first-order chi connectivity index (χ1) is 9.72. The molecule has 1 heterocycles. The second-order valence-electron chi connectivity index (χ2n) is 4.69. The van der Waals surface area contributed by atoms with Gasteiger partial charge >= 0.3 is 0 Å². The van der Waals surface area contributed by atoms with E-state index in [9.17, 15) is 9.90 Å². The van der Waals surface area contributed by atoms with Gasteiger partial charge in [0, 0.05) is 15.6 Å². The van der Waals surface area contributed by atoms with Gasteiger partial charge in [0.15, 0.2) is 0 Å². The first-order valence-corrected chi connectivity index (χ1v) is 7.05. The number of rotatable bonds is 1. The third kappa shape index (κ3) is 1.26. The molecule has 1 N–H and O–H groups in total. The quantitative estimate of drug-likeness (QED) is 0.577. The predicted molar refractivity (Wildman–Crippen MR) is 78.9 cm³/mol. The largest absolute Gasteiger partial charge is 0.507 e. The van der Waals surface area contributed by atoms with Crippen molar-refractivity contribution in [2.45, 2.75) is 0 Å². The van der Waals surface area contributed by atoms with Crippen molar-refractivity contribution in [3.05, 3.63) is 46.8 Å². The first-order valence-electron chi connectivity index (χ1n) is 6.17. The van der Waals surface area contributed by atoms with Crippen LogP contribution in [0.3, 0.4) is 0 Å². The number of methoxy groups -OCH3 is 1. The predicted octanol–water partition coefficient (Wildman–Crippen LogP) is 3.83. The Kier molecular flexibility index (Phi) is 2.20. The molecule has 0 aliphatic heterocycles. The van der Waals surface area contributed by atoms with E-state index in [0.717, 1.165) is 21.2 Å². The topological polar surface area (TPSA) is 46.5 Å². The molecule has 0 fully saturated rings. The summed E-state index contributed by atoms with van der Waals surface area (Å²) in [5.74, 6) is 0.394. The molecule has 1 aliphatic carbocycles. The van der Waals surface area contributed by atoms with E-state index < -0.39 is 0 Å². The highest BCUT2D eigenvalue weighted by molar-refractivity contribution is 7.17. The SMILES string of the molecule is COc1cccc2c1C(=O)c1c(O)ccc3scc-2c13. The summed E-state index contributed by atoms with van der Waals surface area (Å²) in [7, 11) is 1.55. The molecule has 2 aromatic carbocycles. The lowest BCUT2D eigenvalue weighted by molar-refractivity contribution is 0.103. The molecule has 0 saturated carbocycles. The number of carbonyl (C=O) groups is 1. The molecule has 3 nitrogen and oxygen atoms in total. The van der Waals surface area contributed by atoms with Gasteiger partial charge in [0.25, 0.3) is 0 Å². The number of phenols is 1. The second kappa shape index (κ2) is 3.84. The molecule has 1 aliphatic rings. The Morgan fingerprint density at radius 2 is 1.95 bits per heavy atom. The highest BCUT2D eigenvalue weighted by Crippen LogP contribution is 2.47. The van der Waals surface area contributed by atoms with Crippen molar-refractivity contribution in [2.24, 2.45) is 0 Å². The van der Waals surface area contributed by atoms with Crippen molar-refractivity contribution >= 4 is 27.2 Å². The van der Waals surface area contributed by atoms with E-state index in [1.807, 2.05) is 23.6 Å². The molecule has 0 atom stereocenters. The zero-order valence-electron chi connectivity index (χ0n) is 10.6. The first kappa shape index (κ1) is 11.5. The zero-order chi connectivity index (χ0) is 13.9. The van der Waals surface area contributed by atoms with Gasteiger partial charge in [0.05, 0.1) is 18.2 Å². The number of carbonyl (C=O) groups excluding carboxylic acids is 1. The molecule has 0 bridgehead atoms. The van der Waals surface area contributed by atoms with Crippen LogP contribution in [0.2, 0.25) is 0 Å². The Hall–Kier alpha value is -2.33. The number of hydrogen-bond acceptors (Lipinski definition) is 4. The molecule has 1 aromatic heterocycles. The number of fused-ring (bicyclic) bond motifs is 2. The lowest BCUT2D eigenvalue weighted by Crippen LogP contribution is -2.10. The van der Waals surface area contributed by atoms with E-state index >= 15 is 0 Å². The maximum Gasteiger partial charge on any atom is 0.201 e. The summed E-state index contributed by atoms with van der Waals surface area (Å²) < 4.78 is 6.32. The summed E-state index contributed by atoms with van der Waals surface area (Å²) in [5, 5.41) is 13.0. The van der Waals surface area contributed by atoms with Crippen molar-refractivity contribution < 1.29 is 14.6 Å². The monoisotopic (exact) mass is 282 g/mol. The highest BCUT2D eigenvalue weighted by atomic mass is 32.1. The van der Waals surface area contributed by atoms with Crippen molar-refractivity contribution in [2.75, 3.05) is 7.11 Å². The van der Waals surface area contributed by atoms with Crippen LogP contribution in [0.5, 0.6) is 11.5 Å². The van der Waals surface area contributed by atoms with Gasteiger partial charge in [-0.05, 0) is 29.1 Å². The number of aromatic hydroxyl groups is 1. The van der Waals surface area contributed by atoms with E-state index in [0.29, 0.717) is 16.9 Å². The number of phenolic OH excluding ortho intramolecular Hbond substituents is 1. The van der Waals surface area contributed by atoms with E-state index in [1.54, 1.807) is 30.6 Å². The maximum absolute atomic E-state index is 12.8. The Labute approximate surface area is 119 Å². The molecule has 0 saturated heterocycles. The van der Waals surface area contributed by atoms with Gasteiger partial charge < -0.3 is 9.84 Å². The van der Waals surface area contributed by atoms with Crippen molar-refractivity contribution in [1.82, 2.24) is 0 Å². The third-order valence-electron chi connectivity index (χ3n) is 3.71. The van der Waals surface area contributed by atoms with Crippen LogP contribution < -0.4 is 4.74 Å². The number of hydrogen-bond donors (Lipinski definition) is 1. The summed E-state index contributed by atoms with van der Waals surface area (Å²) >= 11 is 1.58. The van der Waals surface area contributed by atoms with Crippen LogP contribution >= 0.6 is 11.3 Å². The van der Waals surface area contributed by atoms with Crippen molar-refractivity contribution in [3.8, 4) is 22.6 Å². The van der Waals surface area contributed by atoms with E-state index in [4.69, 9.17) is 4.74 Å². The van der Waals surface area contributed by atoms with E-state index in [-0.39, 0.29) is 11.5 Å². The summed E-state index contributed by atoms with van der Waals surface area (Å²) in [5.41, 5.74) is 2.78. The van der Waals surface area contributed by atoms with Crippen LogP contribution in [0.1, 0.15) is 15.9 Å². The average molecular weight is 282 g/mol. The molecule has 3 aromatic rings. The Morgan fingerprint density at radius 1 is 1.10 bits per heavy atom. The molecule has 4 rings (SSSR count). The van der Waals surface area contributed by atoms with Crippen LogP contribution in [-0.4, -0.2) is 18.0 Å². The Bertz CT molecular complexity index is 877. The lowest BCUT2D eigenvalue weighted by Gasteiger charge is -2.19. The van der Waals surface area contributed by atoms with Crippen molar-refractivity contribution in [3.63, 3.8) is 0 Å². The summed E-state index contributed by atoms with van der Waals surface area (Å²) in [6, 6.07) is 8.99. The van der Waals surface area contributed by atoms with Gasteiger partial charge in [-0.2, -0.15) is 0 Å². The molecule has 20 heavy (non-hydrogen) atoms. The molecule has 98 valence electrons. The number of thiophene rings is 1. The zero-order valence-corrected chi connectivity index (χ0v) is 11.5. The molecule has 0 spiro atoms. The van der Waals surface area contributed by atoms with Gasteiger partial charge in [-0.3, -0.25) is 4.79 Å². The molecular formula is C16H10O3S. The van der Waals surface area contributed by atoms with Gasteiger partial charge in [-0.15, -0.1) is 11.3 Å². The maximum atomic E-state index is 12.8. The highest BCUT2D eigenvalue weighted by Gasteiger charge is 2.31. The Balaban J connectivity index is 2.23. The summed E-state index contributed by atoms with van der Waals surface area (Å²) in [4.78, 5) is 12.8. The van der Waals surface area contributed by atoms with Gasteiger partial charge in [0.2, 0.25) is 5.78 Å². The molecular weight excluding hydrogens is 272 g/mol. The fourth-order valence-corrected chi connectivity index (χ4v) is 3.80. The fourth-order valence-electron chi connectivity index (χ4n) is 2.83. The van der Waals surface area contributed by atoms with Gasteiger partial charge in [-0.25, -0.2) is 0 Å². The standard InChI is InChI=1S/C16H10O3S/c1-19-11-4-2-3-8-9-7-20-12-6-5-10(17)15(14(9)12)16(18)13(8)11/h2-7,17H,1H3.